The van der Waals surface area contributed by atoms with Crippen LogP contribution in [0.2, 0.25) is 0 Å². The number of Topliss-reactive ketones (excluding diaryl/α,β-unsaturated/α-hetero) is 1. The Hall–Kier alpha value is -3.54. The minimum atomic E-state index is -0.342. The number of fused-ring (bicyclic) bond motifs is 1. The van der Waals surface area contributed by atoms with Crippen LogP contribution >= 0.6 is 0 Å². The lowest BCUT2D eigenvalue weighted by Crippen LogP contribution is -2.14. The zero-order valence-corrected chi connectivity index (χ0v) is 15.5. The normalized spacial score (nSPS) is 11.0. The van der Waals surface area contributed by atoms with Crippen LogP contribution in [0, 0.1) is 19.7 Å². The van der Waals surface area contributed by atoms with E-state index in [0.717, 1.165) is 16.5 Å². The molecule has 4 aromatic rings. The summed E-state index contributed by atoms with van der Waals surface area (Å²) in [6.07, 6.45) is 1.64. The zero-order chi connectivity index (χ0) is 19.7. The first-order valence-electron chi connectivity index (χ1n) is 8.86. The van der Waals surface area contributed by atoms with Crippen molar-refractivity contribution in [2.75, 3.05) is 6.61 Å². The van der Waals surface area contributed by atoms with Crippen LogP contribution in [0.3, 0.4) is 0 Å². The molecule has 0 saturated heterocycles. The summed E-state index contributed by atoms with van der Waals surface area (Å²) in [5.41, 5.74) is 2.35. The molecular weight excluding hydrogens is 357 g/mol. The average molecular weight is 375 g/mol. The van der Waals surface area contributed by atoms with Gasteiger partial charge in [0.25, 0.3) is 0 Å². The summed E-state index contributed by atoms with van der Waals surface area (Å²) in [4.78, 5) is 12.8. The fourth-order valence-corrected chi connectivity index (χ4v) is 3.37. The summed E-state index contributed by atoms with van der Waals surface area (Å²) < 4.78 is 21.6. The van der Waals surface area contributed by atoms with E-state index in [1.165, 1.54) is 6.07 Å². The van der Waals surface area contributed by atoms with Crippen LogP contribution < -0.4 is 4.74 Å². The molecule has 140 valence electrons. The quantitative estimate of drug-likeness (QED) is 0.484. The smallest absolute Gasteiger partial charge is 0.241 e. The predicted octanol–water partition coefficient (Wildman–Crippen LogP) is 4.44. The maximum Gasteiger partial charge on any atom is 0.241 e. The van der Waals surface area contributed by atoms with E-state index < -0.39 is 0 Å². The van der Waals surface area contributed by atoms with Crippen LogP contribution in [-0.4, -0.2) is 27.2 Å². The SMILES string of the molecule is Cc1cc(C(=O)COc2nncc3ccccc23)c(C)n1-c1ccccc1F. The second kappa shape index (κ2) is 7.23. The first-order valence-corrected chi connectivity index (χ1v) is 8.86. The third kappa shape index (κ3) is 3.13. The maximum atomic E-state index is 14.2. The van der Waals surface area contributed by atoms with E-state index in [9.17, 15) is 9.18 Å². The lowest BCUT2D eigenvalue weighted by Gasteiger charge is -2.11. The Morgan fingerprint density at radius 1 is 1.11 bits per heavy atom. The van der Waals surface area contributed by atoms with Crippen molar-refractivity contribution >= 4 is 16.6 Å². The lowest BCUT2D eigenvalue weighted by atomic mass is 10.1. The van der Waals surface area contributed by atoms with Gasteiger partial charge in [0.1, 0.15) is 5.82 Å². The molecule has 0 aliphatic carbocycles. The van der Waals surface area contributed by atoms with E-state index >= 15 is 0 Å². The van der Waals surface area contributed by atoms with Crippen LogP contribution in [0.25, 0.3) is 16.5 Å². The molecule has 4 rings (SSSR count). The second-order valence-electron chi connectivity index (χ2n) is 6.52. The van der Waals surface area contributed by atoms with E-state index in [0.29, 0.717) is 22.8 Å². The molecule has 0 aliphatic rings. The molecule has 0 aliphatic heterocycles. The minimum absolute atomic E-state index is 0.176. The van der Waals surface area contributed by atoms with E-state index in [1.807, 2.05) is 31.2 Å². The van der Waals surface area contributed by atoms with Crippen molar-refractivity contribution in [2.45, 2.75) is 13.8 Å². The van der Waals surface area contributed by atoms with Crippen molar-refractivity contribution in [3.63, 3.8) is 0 Å². The molecule has 6 heteroatoms. The number of para-hydroxylation sites is 1. The molecule has 0 unspecified atom stereocenters. The molecule has 2 heterocycles. The van der Waals surface area contributed by atoms with Crippen molar-refractivity contribution in [3.8, 4) is 11.6 Å². The number of carbonyl (C=O) groups is 1. The highest BCUT2D eigenvalue weighted by atomic mass is 19.1. The molecule has 0 saturated carbocycles. The number of hydrogen-bond donors (Lipinski definition) is 0. The molecule has 28 heavy (non-hydrogen) atoms. The van der Waals surface area contributed by atoms with Crippen LogP contribution in [0.5, 0.6) is 5.88 Å². The van der Waals surface area contributed by atoms with E-state index in [4.69, 9.17) is 4.74 Å². The number of carbonyl (C=O) groups excluding carboxylic acids is 1. The molecule has 5 nitrogen and oxygen atoms in total. The van der Waals surface area contributed by atoms with Gasteiger partial charge in [-0.15, -0.1) is 5.10 Å². The summed E-state index contributed by atoms with van der Waals surface area (Å²) in [5, 5.41) is 9.59. The third-order valence-corrected chi connectivity index (χ3v) is 4.70. The summed E-state index contributed by atoms with van der Waals surface area (Å²) in [6.45, 7) is 3.46. The molecule has 2 aromatic heterocycles. The fourth-order valence-electron chi connectivity index (χ4n) is 3.37. The summed E-state index contributed by atoms with van der Waals surface area (Å²) >= 11 is 0. The van der Waals surface area contributed by atoms with Gasteiger partial charge in [-0.3, -0.25) is 4.79 Å². The molecule has 0 radical (unpaired) electrons. The molecule has 2 aromatic carbocycles. The van der Waals surface area contributed by atoms with Gasteiger partial charge in [0.05, 0.1) is 11.9 Å². The van der Waals surface area contributed by atoms with Gasteiger partial charge in [0.15, 0.2) is 6.61 Å². The van der Waals surface area contributed by atoms with Gasteiger partial charge in [0, 0.05) is 27.7 Å². The predicted molar refractivity (Wildman–Crippen MR) is 105 cm³/mol. The summed E-state index contributed by atoms with van der Waals surface area (Å²) in [6, 6.07) is 15.8. The van der Waals surface area contributed by atoms with Crippen molar-refractivity contribution in [1.82, 2.24) is 14.8 Å². The van der Waals surface area contributed by atoms with Gasteiger partial charge in [0.2, 0.25) is 11.7 Å². The molecule has 0 spiro atoms. The number of nitrogens with zero attached hydrogens (tertiary/aromatic N) is 3. The highest BCUT2D eigenvalue weighted by Gasteiger charge is 2.19. The van der Waals surface area contributed by atoms with Gasteiger partial charge in [-0.25, -0.2) is 4.39 Å². The Balaban J connectivity index is 1.61. The number of halogens is 1. The Morgan fingerprint density at radius 3 is 2.68 bits per heavy atom. The number of aromatic nitrogens is 3. The first kappa shape index (κ1) is 17.9. The first-order chi connectivity index (χ1) is 13.6. The van der Waals surface area contributed by atoms with Gasteiger partial charge in [-0.2, -0.15) is 5.10 Å². The number of aryl methyl sites for hydroxylation is 1. The molecule has 0 fully saturated rings. The van der Waals surface area contributed by atoms with E-state index in [2.05, 4.69) is 10.2 Å². The maximum absolute atomic E-state index is 14.2. The van der Waals surface area contributed by atoms with Gasteiger partial charge >= 0.3 is 0 Å². The fraction of sp³-hybridized carbons (Fsp3) is 0.136. The summed E-state index contributed by atoms with van der Waals surface area (Å²) in [7, 11) is 0. The molecule has 0 bridgehead atoms. The minimum Gasteiger partial charge on any atom is -0.468 e. The van der Waals surface area contributed by atoms with Gasteiger partial charge in [-0.1, -0.05) is 30.3 Å². The van der Waals surface area contributed by atoms with E-state index in [-0.39, 0.29) is 18.2 Å². The number of hydrogen-bond acceptors (Lipinski definition) is 4. The Kier molecular flexibility index (Phi) is 4.61. The van der Waals surface area contributed by atoms with Crippen molar-refractivity contribution in [3.05, 3.63) is 83.6 Å². The highest BCUT2D eigenvalue weighted by Crippen LogP contribution is 2.24. The van der Waals surface area contributed by atoms with E-state index in [1.54, 1.807) is 42.0 Å². The van der Waals surface area contributed by atoms with Crippen LogP contribution in [0.15, 0.2) is 60.8 Å². The Morgan fingerprint density at radius 2 is 1.86 bits per heavy atom. The topological polar surface area (TPSA) is 57.0 Å². The van der Waals surface area contributed by atoms with Crippen molar-refractivity contribution in [2.24, 2.45) is 0 Å². The number of benzene rings is 2. The molecule has 0 N–H and O–H groups in total. The van der Waals surface area contributed by atoms with Crippen molar-refractivity contribution in [1.29, 1.82) is 0 Å². The van der Waals surface area contributed by atoms with Crippen LogP contribution in [-0.2, 0) is 0 Å². The lowest BCUT2D eigenvalue weighted by molar-refractivity contribution is 0.0918. The summed E-state index contributed by atoms with van der Waals surface area (Å²) in [5.74, 6) is -0.231. The highest BCUT2D eigenvalue weighted by molar-refractivity contribution is 5.99. The Labute approximate surface area is 161 Å². The average Bonchev–Trinajstić information content (AvgIpc) is 3.01. The molecule has 0 atom stereocenters. The monoisotopic (exact) mass is 375 g/mol. The van der Waals surface area contributed by atoms with Crippen LogP contribution in [0.4, 0.5) is 4.39 Å². The molecular formula is C22H18FN3O2. The largest absolute Gasteiger partial charge is 0.468 e. The molecule has 0 amide bonds. The number of ketones is 1. The standard InChI is InChI=1S/C22H18FN3O2/c1-14-11-18(15(2)26(14)20-10-6-5-9-19(20)23)21(27)13-28-22-17-8-4-3-7-16(17)12-24-25-22/h3-12H,13H2,1-2H3. The second-order valence-corrected chi connectivity index (χ2v) is 6.52. The van der Waals surface area contributed by atoms with Gasteiger partial charge in [-0.05, 0) is 38.1 Å². The zero-order valence-electron chi connectivity index (χ0n) is 15.5. The van der Waals surface area contributed by atoms with Crippen molar-refractivity contribution < 1.29 is 13.9 Å². The third-order valence-electron chi connectivity index (χ3n) is 4.70. The number of ether oxygens (including phenoxy) is 1. The van der Waals surface area contributed by atoms with Gasteiger partial charge < -0.3 is 9.30 Å². The van der Waals surface area contributed by atoms with Crippen LogP contribution in [0.1, 0.15) is 21.7 Å². The number of rotatable bonds is 5. The Bertz CT molecular complexity index is 1180.